The highest BCUT2D eigenvalue weighted by Gasteiger charge is 2.25. The monoisotopic (exact) mass is 303 g/mol. The van der Waals surface area contributed by atoms with Gasteiger partial charge in [-0.25, -0.2) is 4.79 Å². The number of aliphatic imine (C=N–C) groups is 1. The summed E-state index contributed by atoms with van der Waals surface area (Å²) >= 11 is 0. The Morgan fingerprint density at radius 1 is 1.19 bits per heavy atom. The van der Waals surface area contributed by atoms with E-state index in [0.29, 0.717) is 6.42 Å². The summed E-state index contributed by atoms with van der Waals surface area (Å²) in [4.78, 5) is 37.4. The molecule has 2 atom stereocenters. The van der Waals surface area contributed by atoms with Crippen LogP contribution in [0.4, 0.5) is 0 Å². The zero-order valence-corrected chi connectivity index (χ0v) is 11.7. The summed E-state index contributed by atoms with van der Waals surface area (Å²) in [6, 6.07) is -2.35. The molecule has 10 heteroatoms. The first-order chi connectivity index (χ1) is 9.77. The molecule has 0 aromatic heterocycles. The summed E-state index contributed by atoms with van der Waals surface area (Å²) in [5.74, 6) is -2.58. The van der Waals surface area contributed by atoms with Gasteiger partial charge in [0.25, 0.3) is 0 Å². The second kappa shape index (κ2) is 9.53. The third-order valence-electron chi connectivity index (χ3n) is 2.44. The molecular weight excluding hydrogens is 282 g/mol. The van der Waals surface area contributed by atoms with Crippen LogP contribution in [0, 0.1) is 0 Å². The quantitative estimate of drug-likeness (QED) is 0.150. The van der Waals surface area contributed by atoms with Crippen molar-refractivity contribution in [3.8, 4) is 0 Å². The molecule has 0 saturated carbocycles. The number of aliphatic carboxylic acids is 1. The van der Waals surface area contributed by atoms with E-state index in [1.54, 1.807) is 0 Å². The lowest BCUT2D eigenvalue weighted by Gasteiger charge is -2.19. The Kier molecular flexibility index (Phi) is 8.46. The zero-order valence-electron chi connectivity index (χ0n) is 11.7. The third-order valence-corrected chi connectivity index (χ3v) is 2.44. The van der Waals surface area contributed by atoms with Gasteiger partial charge in [0.2, 0.25) is 11.8 Å². The number of rotatable bonds is 9. The Balaban J connectivity index is 4.58. The Hall–Kier alpha value is -2.36. The number of nitrogens with one attached hydrogen (secondary N) is 2. The van der Waals surface area contributed by atoms with Crippen molar-refractivity contribution in [1.29, 1.82) is 0 Å². The number of carbonyl (C=O) groups excluding carboxylic acids is 2. The maximum Gasteiger partial charge on any atom is 0.328 e. The predicted octanol–water partition coefficient (Wildman–Crippen LogP) is -2.89. The minimum absolute atomic E-state index is 0.0817. The van der Waals surface area contributed by atoms with Crippen LogP contribution in [0.2, 0.25) is 0 Å². The van der Waals surface area contributed by atoms with Crippen LogP contribution in [0.25, 0.3) is 0 Å². The van der Waals surface area contributed by atoms with Crippen molar-refractivity contribution in [3.05, 3.63) is 0 Å². The number of carboxylic acids is 1. The van der Waals surface area contributed by atoms with E-state index in [-0.39, 0.29) is 18.9 Å². The first-order valence-electron chi connectivity index (χ1n) is 6.24. The average Bonchev–Trinajstić information content (AvgIpc) is 2.38. The number of carboxylic acid groups (broad SMARTS) is 1. The summed E-state index contributed by atoms with van der Waals surface area (Å²) in [5.41, 5.74) is 10.3. The molecule has 0 aliphatic heterocycles. The van der Waals surface area contributed by atoms with E-state index >= 15 is 0 Å². The first-order valence-corrected chi connectivity index (χ1v) is 6.24. The highest BCUT2D eigenvalue weighted by atomic mass is 16.4. The minimum atomic E-state index is -1.42. The van der Waals surface area contributed by atoms with Crippen molar-refractivity contribution in [3.63, 3.8) is 0 Å². The van der Waals surface area contributed by atoms with E-state index in [1.165, 1.54) is 6.92 Å². The third kappa shape index (κ3) is 8.42. The average molecular weight is 303 g/mol. The van der Waals surface area contributed by atoms with Crippen LogP contribution >= 0.6 is 0 Å². The van der Waals surface area contributed by atoms with E-state index in [4.69, 9.17) is 21.7 Å². The summed E-state index contributed by atoms with van der Waals surface area (Å²) in [7, 11) is 0. The molecule has 2 amide bonds. The molecule has 0 fully saturated rings. The molecule has 0 rings (SSSR count). The fourth-order valence-electron chi connectivity index (χ4n) is 1.48. The molecule has 0 spiro atoms. The Morgan fingerprint density at radius 3 is 2.24 bits per heavy atom. The van der Waals surface area contributed by atoms with Crippen LogP contribution in [0.3, 0.4) is 0 Å². The van der Waals surface area contributed by atoms with Crippen molar-refractivity contribution in [2.75, 3.05) is 13.2 Å². The summed E-state index contributed by atoms with van der Waals surface area (Å²) in [6.07, 6.45) is 0.632. The standard InChI is InChI=1S/C11H21N5O5/c1-6(18)15-7(3-2-4-14-11(12)13)9(19)16-8(5-17)10(20)21/h7-8,17H,2-5H2,1H3,(H,15,18)(H,16,19)(H,20,21)(H4,12,13,14)/t7-,8-/m0/s1. The number of nitrogens with two attached hydrogens (primary N) is 2. The summed E-state index contributed by atoms with van der Waals surface area (Å²) < 4.78 is 0. The van der Waals surface area contributed by atoms with Gasteiger partial charge in [-0.1, -0.05) is 0 Å². The van der Waals surface area contributed by atoms with Crippen LogP contribution in [-0.4, -0.2) is 59.2 Å². The molecule has 21 heavy (non-hydrogen) atoms. The number of aliphatic hydroxyl groups is 1. The highest BCUT2D eigenvalue weighted by molar-refractivity contribution is 5.89. The minimum Gasteiger partial charge on any atom is -0.480 e. The Labute approximate surface area is 121 Å². The van der Waals surface area contributed by atoms with Crippen LogP contribution in [-0.2, 0) is 14.4 Å². The van der Waals surface area contributed by atoms with E-state index in [1.807, 2.05) is 0 Å². The molecule has 0 aromatic rings. The number of aliphatic hydroxyl groups excluding tert-OH is 1. The molecule has 0 aliphatic carbocycles. The Bertz CT molecular complexity index is 408. The lowest BCUT2D eigenvalue weighted by atomic mass is 10.1. The van der Waals surface area contributed by atoms with Crippen LogP contribution in [0.5, 0.6) is 0 Å². The maximum absolute atomic E-state index is 11.9. The van der Waals surface area contributed by atoms with Crippen molar-refractivity contribution in [2.24, 2.45) is 16.5 Å². The van der Waals surface area contributed by atoms with E-state index < -0.39 is 36.5 Å². The van der Waals surface area contributed by atoms with Gasteiger partial charge in [0.1, 0.15) is 12.1 Å². The predicted molar refractivity (Wildman–Crippen MR) is 74.2 cm³/mol. The van der Waals surface area contributed by atoms with Crippen LogP contribution in [0.15, 0.2) is 4.99 Å². The van der Waals surface area contributed by atoms with Crippen LogP contribution < -0.4 is 22.1 Å². The lowest BCUT2D eigenvalue weighted by Crippen LogP contribution is -2.52. The van der Waals surface area contributed by atoms with Gasteiger partial charge in [-0.15, -0.1) is 0 Å². The van der Waals surface area contributed by atoms with Crippen molar-refractivity contribution in [1.82, 2.24) is 10.6 Å². The number of carbonyl (C=O) groups is 3. The first kappa shape index (κ1) is 18.6. The van der Waals surface area contributed by atoms with Crippen molar-refractivity contribution < 1.29 is 24.6 Å². The lowest BCUT2D eigenvalue weighted by molar-refractivity contribution is -0.143. The molecule has 0 unspecified atom stereocenters. The summed E-state index contributed by atoms with van der Waals surface area (Å²) in [5, 5.41) is 22.1. The molecule has 120 valence electrons. The van der Waals surface area contributed by atoms with Gasteiger partial charge >= 0.3 is 5.97 Å². The van der Waals surface area contributed by atoms with Crippen molar-refractivity contribution in [2.45, 2.75) is 31.8 Å². The number of nitrogens with zero attached hydrogens (tertiary/aromatic N) is 1. The maximum atomic E-state index is 11.9. The van der Waals surface area contributed by atoms with Crippen molar-refractivity contribution >= 4 is 23.7 Å². The molecule has 0 radical (unpaired) electrons. The van der Waals surface area contributed by atoms with E-state index in [2.05, 4.69) is 15.6 Å². The van der Waals surface area contributed by atoms with Gasteiger partial charge in [-0.3, -0.25) is 14.6 Å². The summed E-state index contributed by atoms with van der Waals surface area (Å²) in [6.45, 7) is 0.757. The second-order valence-electron chi connectivity index (χ2n) is 4.28. The van der Waals surface area contributed by atoms with Gasteiger partial charge in [-0.2, -0.15) is 0 Å². The van der Waals surface area contributed by atoms with E-state index in [9.17, 15) is 14.4 Å². The largest absolute Gasteiger partial charge is 0.480 e. The van der Waals surface area contributed by atoms with Gasteiger partial charge in [0.15, 0.2) is 5.96 Å². The van der Waals surface area contributed by atoms with Crippen LogP contribution in [0.1, 0.15) is 19.8 Å². The fourth-order valence-corrected chi connectivity index (χ4v) is 1.48. The highest BCUT2D eigenvalue weighted by Crippen LogP contribution is 2.00. The molecule has 8 N–H and O–H groups in total. The van der Waals surface area contributed by atoms with E-state index in [0.717, 1.165) is 0 Å². The molecule has 0 heterocycles. The smallest absolute Gasteiger partial charge is 0.328 e. The second-order valence-corrected chi connectivity index (χ2v) is 4.28. The SMILES string of the molecule is CC(=O)N[C@@H](CCCN=C(N)N)C(=O)N[C@@H](CO)C(=O)O. The molecule has 10 nitrogen and oxygen atoms in total. The number of hydrogen-bond acceptors (Lipinski definition) is 5. The number of guanidine groups is 1. The Morgan fingerprint density at radius 2 is 1.81 bits per heavy atom. The molecule has 0 bridgehead atoms. The molecule has 0 saturated heterocycles. The van der Waals surface area contributed by atoms with Gasteiger partial charge in [0, 0.05) is 13.5 Å². The normalized spacial score (nSPS) is 12.9. The number of hydrogen-bond donors (Lipinski definition) is 6. The molecular formula is C11H21N5O5. The molecule has 0 aliphatic rings. The number of amides is 2. The molecule has 0 aromatic carbocycles. The van der Waals surface area contributed by atoms with Gasteiger partial charge in [0.05, 0.1) is 6.61 Å². The topological polar surface area (TPSA) is 180 Å². The van der Waals surface area contributed by atoms with Gasteiger partial charge in [-0.05, 0) is 12.8 Å². The fraction of sp³-hybridized carbons (Fsp3) is 0.636. The van der Waals surface area contributed by atoms with Gasteiger partial charge < -0.3 is 32.3 Å². The zero-order chi connectivity index (χ0) is 16.4.